The van der Waals surface area contributed by atoms with E-state index < -0.39 is 9.52 Å². The molecule has 1 unspecified atom stereocenters. The van der Waals surface area contributed by atoms with Gasteiger partial charge in [-0.25, -0.2) is 4.98 Å². The largest absolute Gasteiger partial charge is 0.355 e. The van der Waals surface area contributed by atoms with Crippen LogP contribution in [-0.2, 0) is 14.3 Å². The molecule has 9 heteroatoms. The van der Waals surface area contributed by atoms with Crippen LogP contribution in [-0.4, -0.2) is 63.7 Å². The van der Waals surface area contributed by atoms with Crippen molar-refractivity contribution < 1.29 is 13.8 Å². The van der Waals surface area contributed by atoms with Crippen LogP contribution in [0, 0.1) is 11.8 Å². The van der Waals surface area contributed by atoms with E-state index in [1.165, 1.54) is 12.8 Å². The summed E-state index contributed by atoms with van der Waals surface area (Å²) in [6, 6.07) is 8.91. The van der Waals surface area contributed by atoms with Gasteiger partial charge in [0.15, 0.2) is 5.82 Å². The zero-order valence-corrected chi connectivity index (χ0v) is 22.2. The van der Waals surface area contributed by atoms with Crippen LogP contribution < -0.4 is 10.2 Å². The smallest absolute Gasteiger partial charge is 0.255 e. The third kappa shape index (κ3) is 5.39. The first-order valence-corrected chi connectivity index (χ1v) is 15.1. The Hall–Kier alpha value is -2.58. The van der Waals surface area contributed by atoms with Gasteiger partial charge in [0.05, 0.1) is 10.6 Å². The summed E-state index contributed by atoms with van der Waals surface area (Å²) in [4.78, 5) is 35.2. The van der Waals surface area contributed by atoms with Gasteiger partial charge in [-0.1, -0.05) is 17.7 Å². The van der Waals surface area contributed by atoms with Crippen LogP contribution in [0.5, 0.6) is 0 Å². The first-order chi connectivity index (χ1) is 17.2. The normalized spacial score (nSPS) is 23.5. The molecule has 2 bridgehead atoms. The van der Waals surface area contributed by atoms with Crippen molar-refractivity contribution in [3.05, 3.63) is 47.1 Å². The minimum Gasteiger partial charge on any atom is -0.355 e. The topological polar surface area (TPSA) is 82.6 Å². The number of carbonyl (C=O) groups excluding carboxylic acids is 2. The Kier molecular flexibility index (Phi) is 7.01. The molecule has 5 rings (SSSR count). The molecule has 192 valence electrons. The standard InChI is InChI=1S/C27H33ClN4O3S/c1-36(2,35)23-15-24(30-27(34)20-4-3-5-21(28)14-20)26(29-16-23)31-10-8-18(9-11-31)13-25(33)32-17-19-6-7-22(32)12-19/h3-5,14-16,18-19,22H,1,6-13,17H2,2H3,(H,30,34)/t19-,22+,36?/m0/s1. The Labute approximate surface area is 218 Å². The van der Waals surface area contributed by atoms with E-state index in [4.69, 9.17) is 11.6 Å². The monoisotopic (exact) mass is 528 g/mol. The number of benzene rings is 1. The Bertz CT molecular complexity index is 1270. The maximum absolute atomic E-state index is 13.0. The number of aromatic nitrogens is 1. The van der Waals surface area contributed by atoms with Crippen molar-refractivity contribution in [2.75, 3.05) is 36.1 Å². The molecule has 2 aromatic rings. The van der Waals surface area contributed by atoms with Gasteiger partial charge in [0.25, 0.3) is 5.91 Å². The number of likely N-dealkylation sites (tertiary alicyclic amines) is 1. The van der Waals surface area contributed by atoms with Crippen molar-refractivity contribution in [1.29, 1.82) is 0 Å². The van der Waals surface area contributed by atoms with Crippen LogP contribution in [0.2, 0.25) is 5.02 Å². The highest BCUT2D eigenvalue weighted by atomic mass is 35.5. The summed E-state index contributed by atoms with van der Waals surface area (Å²) >= 11 is 6.07. The molecule has 1 N–H and O–H groups in total. The highest BCUT2D eigenvalue weighted by Crippen LogP contribution is 2.38. The first-order valence-electron chi connectivity index (χ1n) is 12.6. The van der Waals surface area contributed by atoms with Crippen LogP contribution in [0.25, 0.3) is 0 Å². The minimum atomic E-state index is -2.51. The van der Waals surface area contributed by atoms with E-state index in [2.05, 4.69) is 26.0 Å². The number of anilines is 2. The second kappa shape index (κ2) is 10.1. The van der Waals surface area contributed by atoms with Gasteiger partial charge in [0, 0.05) is 55.1 Å². The summed E-state index contributed by atoms with van der Waals surface area (Å²) in [5.41, 5.74) is 0.928. The number of rotatable bonds is 6. The Morgan fingerprint density at radius 3 is 2.61 bits per heavy atom. The van der Waals surface area contributed by atoms with E-state index in [0.717, 1.165) is 38.9 Å². The van der Waals surface area contributed by atoms with Crippen LogP contribution in [0.1, 0.15) is 48.9 Å². The summed E-state index contributed by atoms with van der Waals surface area (Å²) < 4.78 is 12.6. The lowest BCUT2D eigenvalue weighted by atomic mass is 9.92. The number of hydrogen-bond donors (Lipinski definition) is 1. The molecule has 1 aromatic heterocycles. The van der Waals surface area contributed by atoms with E-state index >= 15 is 0 Å². The summed E-state index contributed by atoms with van der Waals surface area (Å²) in [5, 5.41) is 3.42. The average molecular weight is 529 g/mol. The predicted octanol–water partition coefficient (Wildman–Crippen LogP) is 4.31. The molecule has 1 saturated carbocycles. The zero-order valence-electron chi connectivity index (χ0n) is 20.6. The third-order valence-electron chi connectivity index (χ3n) is 7.78. The fraction of sp³-hybridized carbons (Fsp3) is 0.481. The number of hydrogen-bond acceptors (Lipinski definition) is 5. The molecule has 0 radical (unpaired) electrons. The van der Waals surface area contributed by atoms with E-state index in [-0.39, 0.29) is 5.91 Å². The van der Waals surface area contributed by atoms with Crippen molar-refractivity contribution in [3.8, 4) is 0 Å². The fourth-order valence-electron chi connectivity index (χ4n) is 5.79. The van der Waals surface area contributed by atoms with Gasteiger partial charge in [-0.15, -0.1) is 0 Å². The number of amides is 2. The molecule has 2 aliphatic heterocycles. The molecule has 1 aromatic carbocycles. The molecule has 2 amide bonds. The molecule has 3 aliphatic rings. The maximum Gasteiger partial charge on any atom is 0.255 e. The number of fused-ring (bicyclic) bond motifs is 2. The third-order valence-corrected chi connectivity index (χ3v) is 9.24. The van der Waals surface area contributed by atoms with Crippen LogP contribution in [0.15, 0.2) is 41.4 Å². The van der Waals surface area contributed by atoms with E-state index in [1.807, 2.05) is 0 Å². The summed E-state index contributed by atoms with van der Waals surface area (Å²) in [5.74, 6) is 5.47. The molecular weight excluding hydrogens is 496 g/mol. The number of carbonyl (C=O) groups is 2. The molecule has 7 nitrogen and oxygen atoms in total. The zero-order chi connectivity index (χ0) is 25.4. The summed E-state index contributed by atoms with van der Waals surface area (Å²) in [6.45, 7) is 2.42. The van der Waals surface area contributed by atoms with E-state index in [0.29, 0.717) is 57.2 Å². The van der Waals surface area contributed by atoms with Gasteiger partial charge < -0.3 is 15.1 Å². The molecular formula is C27H33ClN4O3S. The molecule has 3 atom stereocenters. The SMILES string of the molecule is C=S(C)(=O)c1cnc(N2CCC(CC(=O)N3C[C@H]4CC[C@@H]3C4)CC2)c(NC(=O)c2cccc(Cl)c2)c1. The van der Waals surface area contributed by atoms with E-state index in [9.17, 15) is 13.8 Å². The second-order valence-electron chi connectivity index (χ2n) is 10.5. The molecule has 3 heterocycles. The number of pyridine rings is 1. The van der Waals surface area contributed by atoms with Crippen LogP contribution >= 0.6 is 11.6 Å². The Morgan fingerprint density at radius 2 is 1.97 bits per heavy atom. The van der Waals surface area contributed by atoms with Crippen molar-refractivity contribution in [1.82, 2.24) is 9.88 Å². The van der Waals surface area contributed by atoms with Crippen molar-refractivity contribution in [2.45, 2.75) is 49.5 Å². The van der Waals surface area contributed by atoms with Crippen LogP contribution in [0.3, 0.4) is 0 Å². The molecule has 36 heavy (non-hydrogen) atoms. The van der Waals surface area contributed by atoms with Crippen molar-refractivity contribution in [2.24, 2.45) is 11.8 Å². The van der Waals surface area contributed by atoms with Crippen molar-refractivity contribution >= 4 is 50.3 Å². The fourth-order valence-corrected chi connectivity index (χ4v) is 6.62. The highest BCUT2D eigenvalue weighted by Gasteiger charge is 2.40. The number of piperidine rings is 2. The minimum absolute atomic E-state index is 0.311. The molecule has 2 saturated heterocycles. The van der Waals surface area contributed by atoms with Gasteiger partial charge in [0.2, 0.25) is 5.91 Å². The van der Waals surface area contributed by atoms with Gasteiger partial charge in [-0.05, 0) is 83.6 Å². The quantitative estimate of drug-likeness (QED) is 0.565. The van der Waals surface area contributed by atoms with E-state index in [1.54, 1.807) is 42.8 Å². The predicted molar refractivity (Wildman–Crippen MR) is 145 cm³/mol. The van der Waals surface area contributed by atoms with Crippen molar-refractivity contribution in [3.63, 3.8) is 0 Å². The first kappa shape index (κ1) is 25.1. The van der Waals surface area contributed by atoms with Gasteiger partial charge >= 0.3 is 0 Å². The molecule has 0 spiro atoms. The van der Waals surface area contributed by atoms with Gasteiger partial charge in [-0.2, -0.15) is 0 Å². The van der Waals surface area contributed by atoms with Crippen LogP contribution in [0.4, 0.5) is 11.5 Å². The highest BCUT2D eigenvalue weighted by molar-refractivity contribution is 7.99. The Morgan fingerprint density at radius 1 is 1.19 bits per heavy atom. The molecule has 3 fully saturated rings. The number of halogens is 1. The summed E-state index contributed by atoms with van der Waals surface area (Å²) in [6.07, 6.45) is 9.15. The Balaban J connectivity index is 1.28. The number of nitrogens with one attached hydrogen (secondary N) is 1. The summed E-state index contributed by atoms with van der Waals surface area (Å²) in [7, 11) is -2.51. The number of nitrogens with zero attached hydrogens (tertiary/aromatic N) is 3. The lowest BCUT2D eigenvalue weighted by Gasteiger charge is -2.35. The second-order valence-corrected chi connectivity index (χ2v) is 13.4. The van der Waals surface area contributed by atoms with Gasteiger partial charge in [0.1, 0.15) is 0 Å². The van der Waals surface area contributed by atoms with Gasteiger partial charge in [-0.3, -0.25) is 13.8 Å². The average Bonchev–Trinajstić information content (AvgIpc) is 3.48. The lowest BCUT2D eigenvalue weighted by molar-refractivity contribution is -0.134. The molecule has 1 aliphatic carbocycles. The lowest BCUT2D eigenvalue weighted by Crippen LogP contribution is -2.40. The maximum atomic E-state index is 13.0.